The molecule has 0 saturated carbocycles. The van der Waals surface area contributed by atoms with Crippen molar-refractivity contribution in [1.29, 1.82) is 0 Å². The lowest BCUT2D eigenvalue weighted by molar-refractivity contribution is 0.0933. The van der Waals surface area contributed by atoms with Gasteiger partial charge in [-0.15, -0.1) is 0 Å². The Hall–Kier alpha value is -1.59. The summed E-state index contributed by atoms with van der Waals surface area (Å²) in [5.74, 6) is 0.391. The number of nitrogens with zero attached hydrogens (tertiary/aromatic N) is 1. The molecule has 0 spiro atoms. The third-order valence-electron chi connectivity index (χ3n) is 2.07. The highest BCUT2D eigenvalue weighted by Gasteiger charge is 2.18. The molecule has 5 nitrogen and oxygen atoms in total. The van der Waals surface area contributed by atoms with Crippen molar-refractivity contribution in [3.63, 3.8) is 0 Å². The van der Waals surface area contributed by atoms with Crippen LogP contribution in [0.25, 0.3) is 0 Å². The monoisotopic (exact) mass is 194 g/mol. The zero-order valence-corrected chi connectivity index (χ0v) is 7.27. The van der Waals surface area contributed by atoms with Crippen LogP contribution in [0.4, 0.5) is 5.69 Å². The molecule has 1 N–H and O–H groups in total. The largest absolute Gasteiger partial charge is 0.733 e. The molecule has 1 aromatic rings. The fourth-order valence-corrected chi connectivity index (χ4v) is 1.37. The van der Waals surface area contributed by atoms with E-state index in [1.165, 1.54) is 18.2 Å². The number of ketones is 1. The third kappa shape index (κ3) is 1.43. The van der Waals surface area contributed by atoms with Crippen LogP contribution in [-0.2, 0) is 0 Å². The van der Waals surface area contributed by atoms with Crippen molar-refractivity contribution in [3.05, 3.63) is 29.0 Å². The van der Waals surface area contributed by atoms with Gasteiger partial charge < -0.3 is 15.2 Å². The first-order chi connectivity index (χ1) is 6.68. The minimum absolute atomic E-state index is 0.0302. The number of Topliss-reactive ketones (excluding diaryl/α,β-unsaturated/α-hetero) is 1. The zero-order valence-electron chi connectivity index (χ0n) is 7.27. The second kappa shape index (κ2) is 3.28. The van der Waals surface area contributed by atoms with Gasteiger partial charge in [-0.2, -0.15) is 0 Å². The van der Waals surface area contributed by atoms with E-state index >= 15 is 0 Å². The van der Waals surface area contributed by atoms with Gasteiger partial charge in [0, 0.05) is 6.42 Å². The molecule has 0 fully saturated rings. The molecule has 0 amide bonds. The molecule has 5 heteroatoms. The maximum absolute atomic E-state index is 11.4. The lowest BCUT2D eigenvalue weighted by Crippen LogP contribution is -2.16. The number of fused-ring (bicyclic) bond motifs is 1. The average molecular weight is 194 g/mol. The van der Waals surface area contributed by atoms with Gasteiger partial charge in [0.2, 0.25) is 0 Å². The van der Waals surface area contributed by atoms with Crippen molar-refractivity contribution in [2.24, 2.45) is 0 Å². The highest BCUT2D eigenvalue weighted by atomic mass is 16.8. The summed E-state index contributed by atoms with van der Waals surface area (Å²) in [5.41, 5.74) is 0.381. The van der Waals surface area contributed by atoms with Crippen molar-refractivity contribution in [2.75, 3.05) is 11.8 Å². The Morgan fingerprint density at radius 3 is 3.00 bits per heavy atom. The van der Waals surface area contributed by atoms with Crippen LogP contribution in [0.2, 0.25) is 0 Å². The van der Waals surface area contributed by atoms with Gasteiger partial charge in [-0.05, 0) is 18.2 Å². The summed E-state index contributed by atoms with van der Waals surface area (Å²) in [4.78, 5) is 11.4. The topological polar surface area (TPSA) is 72.8 Å². The second-order valence-electron chi connectivity index (χ2n) is 2.98. The number of hydrogen-bond acceptors (Lipinski definition) is 5. The molecule has 0 radical (unpaired) electrons. The maximum atomic E-state index is 11.4. The molecule has 0 unspecified atom stereocenters. The van der Waals surface area contributed by atoms with Gasteiger partial charge in [0.1, 0.15) is 5.75 Å². The van der Waals surface area contributed by atoms with Crippen LogP contribution in [0, 0.1) is 5.21 Å². The van der Waals surface area contributed by atoms with Gasteiger partial charge in [0.05, 0.1) is 17.9 Å². The number of carbonyl (C=O) groups is 1. The first-order valence-corrected chi connectivity index (χ1v) is 4.14. The summed E-state index contributed by atoms with van der Waals surface area (Å²) in [5, 5.41) is 18.9. The first kappa shape index (κ1) is 8.98. The minimum atomic E-state index is -0.276. The van der Waals surface area contributed by atoms with Gasteiger partial charge in [0.15, 0.2) is 5.78 Å². The number of carbonyl (C=O) groups excluding carboxylic acids is 1. The molecule has 1 heterocycles. The van der Waals surface area contributed by atoms with E-state index in [-0.39, 0.29) is 16.7 Å². The van der Waals surface area contributed by atoms with Crippen molar-refractivity contribution < 1.29 is 14.7 Å². The van der Waals surface area contributed by atoms with Crippen LogP contribution in [0.3, 0.4) is 0 Å². The predicted octanol–water partition coefficient (Wildman–Crippen LogP) is 1.35. The van der Waals surface area contributed by atoms with Gasteiger partial charge >= 0.3 is 0 Å². The quantitative estimate of drug-likeness (QED) is 0.683. The lowest BCUT2D eigenvalue weighted by atomic mass is 10.0. The Kier molecular flexibility index (Phi) is 2.11. The summed E-state index contributed by atoms with van der Waals surface area (Å²) >= 11 is 0. The van der Waals surface area contributed by atoms with Crippen LogP contribution < -0.4 is 9.96 Å². The number of rotatable bonds is 1. The van der Waals surface area contributed by atoms with E-state index in [2.05, 4.69) is 0 Å². The molecular weight excluding hydrogens is 186 g/mol. The summed E-state index contributed by atoms with van der Waals surface area (Å²) in [7, 11) is 0. The fourth-order valence-electron chi connectivity index (χ4n) is 1.37. The van der Waals surface area contributed by atoms with Gasteiger partial charge in [0.25, 0.3) is 0 Å². The second-order valence-corrected chi connectivity index (χ2v) is 2.98. The lowest BCUT2D eigenvalue weighted by Gasteiger charge is -2.24. The fraction of sp³-hybridized carbons (Fsp3) is 0.222. The normalized spacial score (nSPS) is 14.6. The van der Waals surface area contributed by atoms with E-state index in [9.17, 15) is 10.0 Å². The first-order valence-electron chi connectivity index (χ1n) is 4.14. The van der Waals surface area contributed by atoms with E-state index in [0.717, 1.165) is 0 Å². The average Bonchev–Trinajstić information content (AvgIpc) is 2.18. The Labute approximate surface area is 80.1 Å². The van der Waals surface area contributed by atoms with E-state index in [1.54, 1.807) is 0 Å². The summed E-state index contributed by atoms with van der Waals surface area (Å²) in [6.45, 7) is 0.366. The van der Waals surface area contributed by atoms with Crippen LogP contribution in [0.1, 0.15) is 16.8 Å². The Balaban J connectivity index is 2.46. The smallest absolute Gasteiger partial charge is 0.170 e. The zero-order chi connectivity index (χ0) is 10.1. The number of ether oxygens (including phenoxy) is 1. The Morgan fingerprint density at radius 1 is 1.50 bits per heavy atom. The Bertz CT molecular complexity index is 375. The van der Waals surface area contributed by atoms with Crippen molar-refractivity contribution in [3.8, 4) is 5.75 Å². The molecule has 0 aliphatic carbocycles. The minimum Gasteiger partial charge on any atom is -0.733 e. The number of hydrogen-bond donors (Lipinski definition) is 1. The molecule has 74 valence electrons. The summed E-state index contributed by atoms with van der Waals surface area (Å²) < 4.78 is 5.21. The number of benzene rings is 1. The molecule has 0 bridgehead atoms. The summed E-state index contributed by atoms with van der Waals surface area (Å²) in [6.07, 6.45) is 0.306. The van der Waals surface area contributed by atoms with Crippen molar-refractivity contribution in [1.82, 2.24) is 0 Å². The molecule has 1 aromatic carbocycles. The van der Waals surface area contributed by atoms with Gasteiger partial charge in [-0.1, -0.05) is 0 Å². The standard InChI is InChI=1S/C9H8NO4/c11-8-3-4-14-9-2-1-6(10(12)13)5-7(8)9/h1-2,5,12H,3-4H2/q-1. The number of anilines is 1. The molecule has 0 aromatic heterocycles. The highest BCUT2D eigenvalue weighted by molar-refractivity contribution is 6.00. The van der Waals surface area contributed by atoms with Crippen LogP contribution in [-0.4, -0.2) is 17.6 Å². The molecule has 0 atom stereocenters. The van der Waals surface area contributed by atoms with Crippen LogP contribution >= 0.6 is 0 Å². The molecular formula is C9H8NO4-. The van der Waals surface area contributed by atoms with Gasteiger partial charge in [-0.25, -0.2) is 0 Å². The molecule has 0 saturated heterocycles. The Morgan fingerprint density at radius 2 is 2.29 bits per heavy atom. The maximum Gasteiger partial charge on any atom is 0.170 e. The van der Waals surface area contributed by atoms with Crippen LogP contribution in [0.5, 0.6) is 5.75 Å². The van der Waals surface area contributed by atoms with Gasteiger partial charge in [-0.3, -0.25) is 10.0 Å². The highest BCUT2D eigenvalue weighted by Crippen LogP contribution is 2.28. The summed E-state index contributed by atoms with van der Waals surface area (Å²) in [6, 6.07) is 4.22. The van der Waals surface area contributed by atoms with Crippen LogP contribution in [0.15, 0.2) is 18.2 Å². The van der Waals surface area contributed by atoms with E-state index < -0.39 is 0 Å². The molecule has 14 heavy (non-hydrogen) atoms. The third-order valence-corrected chi connectivity index (χ3v) is 2.07. The van der Waals surface area contributed by atoms with E-state index in [4.69, 9.17) is 9.94 Å². The molecule has 1 aliphatic heterocycles. The SMILES string of the molecule is O=C1CCOc2ccc(N([O-])O)cc21. The molecule has 1 aliphatic rings. The van der Waals surface area contributed by atoms with E-state index in [1.807, 2.05) is 0 Å². The molecule has 2 rings (SSSR count). The predicted molar refractivity (Wildman–Crippen MR) is 48.5 cm³/mol. The van der Waals surface area contributed by atoms with Crippen molar-refractivity contribution >= 4 is 11.5 Å². The van der Waals surface area contributed by atoms with Crippen molar-refractivity contribution in [2.45, 2.75) is 6.42 Å². The van der Waals surface area contributed by atoms with E-state index in [0.29, 0.717) is 24.3 Å².